The van der Waals surface area contributed by atoms with E-state index in [1.165, 1.54) is 0 Å². The Bertz CT molecular complexity index is 504. The van der Waals surface area contributed by atoms with Crippen molar-refractivity contribution in [1.82, 2.24) is 4.90 Å². The maximum absolute atomic E-state index is 12.5. The van der Waals surface area contributed by atoms with Crippen LogP contribution in [0.25, 0.3) is 0 Å². The first-order chi connectivity index (χ1) is 8.99. The second kappa shape index (κ2) is 5.67. The zero-order valence-electron chi connectivity index (χ0n) is 11.1. The zero-order chi connectivity index (χ0) is 14.0. The molecular formula is C14H18N2O2S. The van der Waals surface area contributed by atoms with Crippen molar-refractivity contribution in [3.05, 3.63) is 35.4 Å². The standard InChI is InChI=1S/C14H18N2O2S/c1-9-8-18-10(2)7-16(9)14(17)12-5-3-4-11(6-12)13(15)19/h3-6,9-10H,7-8H2,1-2H3,(H2,15,19). The number of benzene rings is 1. The van der Waals surface area contributed by atoms with Crippen molar-refractivity contribution in [2.75, 3.05) is 13.2 Å². The average Bonchev–Trinajstić information content (AvgIpc) is 2.41. The molecular weight excluding hydrogens is 260 g/mol. The van der Waals surface area contributed by atoms with Crippen molar-refractivity contribution in [3.8, 4) is 0 Å². The number of carbonyl (C=O) groups excluding carboxylic acids is 1. The van der Waals surface area contributed by atoms with Crippen molar-refractivity contribution < 1.29 is 9.53 Å². The first kappa shape index (κ1) is 14.0. The summed E-state index contributed by atoms with van der Waals surface area (Å²) in [6.07, 6.45) is 0.0684. The van der Waals surface area contributed by atoms with Crippen LogP contribution in [0.1, 0.15) is 29.8 Å². The number of ether oxygens (including phenoxy) is 1. The van der Waals surface area contributed by atoms with Gasteiger partial charge in [0.05, 0.1) is 18.8 Å². The first-order valence-electron chi connectivity index (χ1n) is 6.31. The lowest BCUT2D eigenvalue weighted by Gasteiger charge is -2.36. The topological polar surface area (TPSA) is 55.6 Å². The molecule has 0 radical (unpaired) electrons. The van der Waals surface area contributed by atoms with Gasteiger partial charge < -0.3 is 15.4 Å². The Morgan fingerprint density at radius 3 is 2.79 bits per heavy atom. The number of morpholine rings is 1. The smallest absolute Gasteiger partial charge is 0.254 e. The fourth-order valence-electron chi connectivity index (χ4n) is 2.16. The minimum absolute atomic E-state index is 0.000694. The third-order valence-corrected chi connectivity index (χ3v) is 3.50. The minimum Gasteiger partial charge on any atom is -0.389 e. The van der Waals surface area contributed by atoms with E-state index in [2.05, 4.69) is 0 Å². The molecule has 2 rings (SSSR count). The average molecular weight is 278 g/mol. The van der Waals surface area contributed by atoms with E-state index < -0.39 is 0 Å². The molecule has 2 N–H and O–H groups in total. The Labute approximate surface area is 118 Å². The van der Waals surface area contributed by atoms with Gasteiger partial charge >= 0.3 is 0 Å². The summed E-state index contributed by atoms with van der Waals surface area (Å²) in [6, 6.07) is 7.23. The fraction of sp³-hybridized carbons (Fsp3) is 0.429. The number of nitrogens with zero attached hydrogens (tertiary/aromatic N) is 1. The predicted molar refractivity (Wildman–Crippen MR) is 78.2 cm³/mol. The molecule has 0 saturated carbocycles. The van der Waals surface area contributed by atoms with Crippen LogP contribution in [0.5, 0.6) is 0 Å². The van der Waals surface area contributed by atoms with Crippen molar-refractivity contribution in [2.45, 2.75) is 26.0 Å². The molecule has 4 nitrogen and oxygen atoms in total. The normalized spacial score (nSPS) is 23.2. The Balaban J connectivity index is 2.23. The molecule has 1 saturated heterocycles. The Kier molecular flexibility index (Phi) is 4.17. The van der Waals surface area contributed by atoms with Crippen LogP contribution >= 0.6 is 12.2 Å². The quantitative estimate of drug-likeness (QED) is 0.834. The molecule has 0 bridgehead atoms. The summed E-state index contributed by atoms with van der Waals surface area (Å²) in [7, 11) is 0. The van der Waals surface area contributed by atoms with E-state index in [1.54, 1.807) is 18.2 Å². The lowest BCUT2D eigenvalue weighted by atomic mass is 10.1. The van der Waals surface area contributed by atoms with Crippen LogP contribution in [0.15, 0.2) is 24.3 Å². The van der Waals surface area contributed by atoms with E-state index in [1.807, 2.05) is 24.8 Å². The molecule has 0 aliphatic carbocycles. The molecule has 2 atom stereocenters. The second-order valence-corrected chi connectivity index (χ2v) is 5.34. The Morgan fingerprint density at radius 2 is 2.11 bits per heavy atom. The van der Waals surface area contributed by atoms with Gasteiger partial charge in [-0.15, -0.1) is 0 Å². The molecule has 1 fully saturated rings. The third kappa shape index (κ3) is 3.11. The van der Waals surface area contributed by atoms with Crippen molar-refractivity contribution >= 4 is 23.1 Å². The first-order valence-corrected chi connectivity index (χ1v) is 6.72. The molecule has 1 aliphatic rings. The highest BCUT2D eigenvalue weighted by Gasteiger charge is 2.28. The molecule has 1 amide bonds. The molecule has 102 valence electrons. The molecule has 1 aromatic carbocycles. The highest BCUT2D eigenvalue weighted by Crippen LogP contribution is 2.16. The van der Waals surface area contributed by atoms with Crippen LogP contribution in [0.3, 0.4) is 0 Å². The van der Waals surface area contributed by atoms with Crippen LogP contribution in [-0.2, 0) is 4.74 Å². The second-order valence-electron chi connectivity index (χ2n) is 4.90. The zero-order valence-corrected chi connectivity index (χ0v) is 11.9. The van der Waals surface area contributed by atoms with E-state index in [9.17, 15) is 4.79 Å². The van der Waals surface area contributed by atoms with Gasteiger partial charge in [0.15, 0.2) is 0 Å². The molecule has 0 aromatic heterocycles. The highest BCUT2D eigenvalue weighted by atomic mass is 32.1. The summed E-state index contributed by atoms with van der Waals surface area (Å²) < 4.78 is 5.53. The van der Waals surface area contributed by atoms with Crippen molar-refractivity contribution in [2.24, 2.45) is 5.73 Å². The van der Waals surface area contributed by atoms with Crippen molar-refractivity contribution in [3.63, 3.8) is 0 Å². The van der Waals surface area contributed by atoms with Crippen LogP contribution in [-0.4, -0.2) is 41.1 Å². The summed E-state index contributed by atoms with van der Waals surface area (Å²) in [5, 5.41) is 0. The van der Waals surface area contributed by atoms with Crippen LogP contribution < -0.4 is 5.73 Å². The van der Waals surface area contributed by atoms with Crippen LogP contribution in [0.2, 0.25) is 0 Å². The summed E-state index contributed by atoms with van der Waals surface area (Å²) in [5.74, 6) is 0.000694. The number of nitrogens with two attached hydrogens (primary N) is 1. The molecule has 19 heavy (non-hydrogen) atoms. The summed E-state index contributed by atoms with van der Waals surface area (Å²) >= 11 is 4.94. The number of carbonyl (C=O) groups is 1. The van der Waals surface area contributed by atoms with E-state index in [0.717, 1.165) is 5.56 Å². The van der Waals surface area contributed by atoms with Gasteiger partial charge in [-0.1, -0.05) is 24.4 Å². The predicted octanol–water partition coefficient (Wildman–Crippen LogP) is 1.57. The van der Waals surface area contributed by atoms with Gasteiger partial charge in [0.2, 0.25) is 0 Å². The fourth-order valence-corrected chi connectivity index (χ4v) is 2.28. The largest absolute Gasteiger partial charge is 0.389 e. The van der Waals surface area contributed by atoms with Crippen LogP contribution in [0, 0.1) is 0 Å². The van der Waals surface area contributed by atoms with E-state index in [-0.39, 0.29) is 18.1 Å². The Hall–Kier alpha value is -1.46. The number of amides is 1. The Morgan fingerprint density at radius 1 is 1.42 bits per heavy atom. The monoisotopic (exact) mass is 278 g/mol. The lowest BCUT2D eigenvalue weighted by Crippen LogP contribution is -2.50. The molecule has 1 heterocycles. The van der Waals surface area contributed by atoms with Gasteiger partial charge in [-0.05, 0) is 26.0 Å². The van der Waals surface area contributed by atoms with Gasteiger partial charge in [0.25, 0.3) is 5.91 Å². The maximum Gasteiger partial charge on any atom is 0.254 e. The lowest BCUT2D eigenvalue weighted by molar-refractivity contribution is -0.0387. The number of thiocarbonyl (C=S) groups is 1. The van der Waals surface area contributed by atoms with Gasteiger partial charge in [0, 0.05) is 17.7 Å². The van der Waals surface area contributed by atoms with Gasteiger partial charge in [0.1, 0.15) is 4.99 Å². The van der Waals surface area contributed by atoms with Gasteiger partial charge in [-0.3, -0.25) is 4.79 Å². The van der Waals surface area contributed by atoms with E-state index in [0.29, 0.717) is 23.7 Å². The van der Waals surface area contributed by atoms with Crippen molar-refractivity contribution in [1.29, 1.82) is 0 Å². The van der Waals surface area contributed by atoms with Crippen LogP contribution in [0.4, 0.5) is 0 Å². The summed E-state index contributed by atoms with van der Waals surface area (Å²) in [6.45, 7) is 5.14. The van der Waals surface area contributed by atoms with E-state index >= 15 is 0 Å². The highest BCUT2D eigenvalue weighted by molar-refractivity contribution is 7.80. The van der Waals surface area contributed by atoms with Gasteiger partial charge in [-0.2, -0.15) is 0 Å². The molecule has 2 unspecified atom stereocenters. The molecule has 1 aromatic rings. The summed E-state index contributed by atoms with van der Waals surface area (Å²) in [5.41, 5.74) is 6.93. The number of hydrogen-bond acceptors (Lipinski definition) is 3. The molecule has 5 heteroatoms. The molecule has 0 spiro atoms. The number of hydrogen-bond donors (Lipinski definition) is 1. The summed E-state index contributed by atoms with van der Waals surface area (Å²) in [4.78, 5) is 14.7. The molecule has 1 aliphatic heterocycles. The third-order valence-electron chi connectivity index (χ3n) is 3.26. The number of rotatable bonds is 2. The maximum atomic E-state index is 12.5. The minimum atomic E-state index is 0.000694. The van der Waals surface area contributed by atoms with E-state index in [4.69, 9.17) is 22.7 Å². The SMILES string of the molecule is CC1CN(C(=O)c2cccc(C(N)=S)c2)C(C)CO1. The van der Waals surface area contributed by atoms with Gasteiger partial charge in [-0.25, -0.2) is 0 Å².